The van der Waals surface area contributed by atoms with Gasteiger partial charge in [-0.3, -0.25) is 4.79 Å². The molecule has 2 rings (SSSR count). The summed E-state index contributed by atoms with van der Waals surface area (Å²) in [6.45, 7) is 8.87. The largest absolute Gasteiger partial charge is 0 e. The van der Waals surface area contributed by atoms with E-state index in [1.807, 2.05) is 0 Å². The van der Waals surface area contributed by atoms with E-state index in [-0.39, 0.29) is 58.6 Å². The van der Waals surface area contributed by atoms with Crippen molar-refractivity contribution in [2.45, 2.75) is 70.4 Å². The second kappa shape index (κ2) is 35.9. The number of rotatable bonds is 0. The van der Waals surface area contributed by atoms with Gasteiger partial charge in [0.15, 0.2) is 0 Å². The van der Waals surface area contributed by atoms with Crippen molar-refractivity contribution in [1.29, 1.82) is 0 Å². The molecule has 0 aromatic rings. The second-order valence-corrected chi connectivity index (χ2v) is 12.5. The van der Waals surface area contributed by atoms with Gasteiger partial charge in [0.25, 0.3) is 5.97 Å². The Morgan fingerprint density at radius 2 is 1.03 bits per heavy atom. The maximum absolute atomic E-state index is 9.00. The number of carbonyl (C=O) groups is 1. The van der Waals surface area contributed by atoms with E-state index in [0.717, 1.165) is 19.8 Å². The third-order valence-electron chi connectivity index (χ3n) is 3.82. The van der Waals surface area contributed by atoms with Crippen molar-refractivity contribution in [3.63, 3.8) is 0 Å². The van der Waals surface area contributed by atoms with Gasteiger partial charge < -0.3 is 35.9 Å². The number of hydrogen-bond acceptors (Lipinski definition) is 1. The molecular weight excluding hydrogens is 1070 g/mol. The zero-order chi connectivity index (χ0) is 21.0. The van der Waals surface area contributed by atoms with Gasteiger partial charge in [-0.25, -0.2) is 0 Å². The first kappa shape index (κ1) is 45.8. The molecule has 0 aliphatic heterocycles. The van der Waals surface area contributed by atoms with E-state index in [2.05, 4.69) is 13.8 Å². The van der Waals surface area contributed by atoms with Crippen LogP contribution in [-0.2, 0) is 37.8 Å². The van der Waals surface area contributed by atoms with Crippen LogP contribution in [0.5, 0.6) is 0 Å². The normalized spacial score (nSPS) is 24.3. The summed E-state index contributed by atoms with van der Waals surface area (Å²) < 4.78 is 0. The molecule has 5 N–H and O–H groups in total. The van der Waals surface area contributed by atoms with Gasteiger partial charge in [-0.15, -0.1) is 0 Å². The molecule has 2 fully saturated rings. The zero-order valence-electron chi connectivity index (χ0n) is 16.6. The molecule has 2 aliphatic rings. The molecule has 0 bridgehead atoms. The van der Waals surface area contributed by atoms with Crippen LogP contribution >= 0.6 is 47.6 Å². The third-order valence-corrected chi connectivity index (χ3v) is 3.82. The summed E-state index contributed by atoms with van der Waals surface area (Å²) in [5, 5.41) is 7.42. The van der Waals surface area contributed by atoms with Crippen molar-refractivity contribution in [2.75, 3.05) is 0 Å². The van der Waals surface area contributed by atoms with Crippen LogP contribution in [0.2, 0.25) is 0 Å². The standard InChI is InChI=1S/2C7H13N.C2H4O2.4ClH.H2O.H3P.2Pt.U/c2*1-6-4-2-3-5-7(6)8;1-2(3)4;;;;;;;;;/h2*6-8H,1-5H2;1H3,(H,3,4);4*1H;1H2;1H3;;;/q2*-2;;;;;;;;2*+4;/p-4/t2*6-,7-;;;;;;;;;;/m11........../s1. The fourth-order valence-electron chi connectivity index (χ4n) is 2.42. The van der Waals surface area contributed by atoms with E-state index in [1.165, 1.54) is 38.5 Å². The van der Waals surface area contributed by atoms with Crippen molar-refractivity contribution < 1.29 is 79.5 Å². The Morgan fingerprint density at radius 3 is 1.14 bits per heavy atom. The smallest absolute Gasteiger partial charge is 0 e. The van der Waals surface area contributed by atoms with E-state index in [0.29, 0.717) is 11.8 Å². The van der Waals surface area contributed by atoms with Crippen molar-refractivity contribution in [3.05, 3.63) is 25.3 Å². The third kappa shape index (κ3) is 42.0. The molecule has 0 aromatic carbocycles. The summed E-state index contributed by atoms with van der Waals surface area (Å²) >= 11 is -0.944. The molecule has 1 unspecified atom stereocenters. The van der Waals surface area contributed by atoms with Crippen LogP contribution < -0.4 is 0 Å². The first-order chi connectivity index (χ1) is 12.2. The van der Waals surface area contributed by atoms with Gasteiger partial charge in [0.1, 0.15) is 0 Å². The summed E-state index contributed by atoms with van der Waals surface area (Å²) in [5.41, 5.74) is 14.8. The monoisotopic (exact) mass is 1100 g/mol. The Bertz CT molecular complexity index is 279. The second-order valence-electron chi connectivity index (χ2n) is 5.91. The Balaban J connectivity index is -0.0000000596. The van der Waals surface area contributed by atoms with E-state index in [4.69, 9.17) is 59.0 Å². The van der Waals surface area contributed by atoms with Crippen LogP contribution in [0.4, 0.5) is 0 Å². The minimum absolute atomic E-state index is 0. The molecule has 13 heteroatoms. The van der Waals surface area contributed by atoms with Crippen molar-refractivity contribution in [1.82, 2.24) is 0 Å². The van der Waals surface area contributed by atoms with Crippen LogP contribution in [0.25, 0.3) is 11.5 Å². The molecule has 0 saturated heterocycles. The van der Waals surface area contributed by atoms with Gasteiger partial charge in [0.05, 0.1) is 0 Å². The predicted molar refractivity (Wildman–Crippen MR) is 122 cm³/mol. The van der Waals surface area contributed by atoms with Crippen LogP contribution in [0.3, 0.4) is 0 Å². The van der Waals surface area contributed by atoms with Crippen LogP contribution in [0, 0.1) is 56.8 Å². The Morgan fingerprint density at radius 1 is 0.862 bits per heavy atom. The summed E-state index contributed by atoms with van der Waals surface area (Å²) in [5.74, 6) is 0.00694. The Kier molecular flexibility index (Phi) is 56.8. The van der Waals surface area contributed by atoms with Crippen molar-refractivity contribution in [2.24, 2.45) is 11.8 Å². The SMILES string of the molecule is CC(=O)O.O.P.[CH2-][C@@H]1CCCC[C@H]1[NH-].[CH2-][C@@H]1CCCC[C@H]1[NH-].[Cl][Pt+2][Cl].[Cl][Pt+2][Cl].[U]. The molecule has 0 aromatic heterocycles. The maximum atomic E-state index is 9.00. The molecule has 184 valence electrons. The summed E-state index contributed by atoms with van der Waals surface area (Å²) in [4.78, 5) is 9.00. The molecule has 0 radical (unpaired) electrons. The average Bonchev–Trinajstić information content (AvgIpc) is 2.55. The van der Waals surface area contributed by atoms with Crippen molar-refractivity contribution in [3.8, 4) is 0 Å². The summed E-state index contributed by atoms with van der Waals surface area (Å²) in [6, 6.07) is 0.285. The number of carboxylic acid groups (broad SMARTS) is 1. The number of aliphatic carboxylic acids is 1. The fraction of sp³-hybridized carbons (Fsp3) is 0.812. The zero-order valence-corrected chi connectivity index (χ0v) is 29.7. The number of halogens is 4. The first-order valence-electron chi connectivity index (χ1n) is 8.10. The maximum Gasteiger partial charge on any atom is 0 e. The average molecular weight is 1100 g/mol. The number of carboxylic acids is 1. The van der Waals surface area contributed by atoms with E-state index >= 15 is 0 Å². The minimum Gasteiger partial charge on any atom is 0 e. The van der Waals surface area contributed by atoms with Crippen molar-refractivity contribution >= 4 is 53.5 Å². The molecule has 0 amide bonds. The summed E-state index contributed by atoms with van der Waals surface area (Å²) in [6.07, 6.45) is 9.60. The molecule has 2 aliphatic carbocycles. The topological polar surface area (TPSA) is 116 Å². The van der Waals surface area contributed by atoms with Crippen LogP contribution in [0.1, 0.15) is 58.3 Å². The van der Waals surface area contributed by atoms with Gasteiger partial charge in [0.2, 0.25) is 0 Å². The van der Waals surface area contributed by atoms with E-state index in [1.54, 1.807) is 0 Å². The summed E-state index contributed by atoms with van der Waals surface area (Å²) in [7, 11) is 19.5. The minimum atomic E-state index is -0.833. The molecule has 0 heterocycles. The predicted octanol–water partition coefficient (Wildman–Crippen LogP) is 6.94. The Hall–Kier alpha value is 3.37. The molecule has 5 atom stereocenters. The van der Waals surface area contributed by atoms with E-state index in [9.17, 15) is 0 Å². The van der Waals surface area contributed by atoms with E-state index < -0.39 is 38.9 Å². The Labute approximate surface area is 237 Å². The van der Waals surface area contributed by atoms with Gasteiger partial charge in [-0.05, 0) is 0 Å². The molecular formula is C16H35Cl4N2O3PPt2U. The fourth-order valence-corrected chi connectivity index (χ4v) is 2.42. The van der Waals surface area contributed by atoms with Gasteiger partial charge in [-0.2, -0.15) is 33.8 Å². The quantitative estimate of drug-likeness (QED) is 0.209. The molecule has 5 nitrogen and oxygen atoms in total. The number of nitrogens with one attached hydrogen (secondary N) is 2. The van der Waals surface area contributed by atoms with Gasteiger partial charge in [-0.1, -0.05) is 51.4 Å². The molecule has 0 spiro atoms. The van der Waals surface area contributed by atoms with Crippen LogP contribution in [-0.4, -0.2) is 28.6 Å². The first-order valence-corrected chi connectivity index (χ1v) is 19.4. The molecule has 29 heavy (non-hydrogen) atoms. The van der Waals surface area contributed by atoms with Gasteiger partial charge >= 0.3 is 70.6 Å². The number of hydrogen-bond donors (Lipinski definition) is 1. The van der Waals surface area contributed by atoms with Gasteiger partial charge in [0, 0.05) is 38.0 Å². The van der Waals surface area contributed by atoms with Crippen LogP contribution in [0.15, 0.2) is 0 Å². The molecule has 2 saturated carbocycles.